The van der Waals surface area contributed by atoms with E-state index in [0.717, 1.165) is 32.8 Å². The van der Waals surface area contributed by atoms with Gasteiger partial charge in [-0.25, -0.2) is 0 Å². The number of hydrogen-bond acceptors (Lipinski definition) is 7. The number of hydrogen-bond donors (Lipinski definition) is 1. The summed E-state index contributed by atoms with van der Waals surface area (Å²) in [4.78, 5) is 37.1. The lowest BCUT2D eigenvalue weighted by molar-refractivity contribution is -0.134. The van der Waals surface area contributed by atoms with Gasteiger partial charge in [-0.3, -0.25) is 14.4 Å². The number of thiazole rings is 1. The van der Waals surface area contributed by atoms with Gasteiger partial charge in [0.1, 0.15) is 21.7 Å². The third kappa shape index (κ3) is 4.84. The summed E-state index contributed by atoms with van der Waals surface area (Å²) in [5.41, 5.74) is 0.365. The molecule has 0 amide bonds. The van der Waals surface area contributed by atoms with Crippen molar-refractivity contribution in [3.05, 3.63) is 77.6 Å². The Balaban J connectivity index is 0.000000552. The Labute approximate surface area is 175 Å². The van der Waals surface area contributed by atoms with E-state index in [4.69, 9.17) is 14.3 Å². The molecule has 0 saturated heterocycles. The van der Waals surface area contributed by atoms with Gasteiger partial charge < -0.3 is 9.52 Å². The molecule has 0 saturated carbocycles. The molecule has 29 heavy (non-hydrogen) atoms. The molecule has 0 spiro atoms. The molecule has 3 aromatic heterocycles. The summed E-state index contributed by atoms with van der Waals surface area (Å²) in [6, 6.07) is 11.4. The molecule has 4 rings (SSSR count). The number of aryl methyl sites for hydroxylation is 1. The van der Waals surface area contributed by atoms with Crippen LogP contribution in [0.2, 0.25) is 0 Å². The van der Waals surface area contributed by atoms with E-state index in [1.807, 2.05) is 30.3 Å². The zero-order valence-corrected chi connectivity index (χ0v) is 17.7. The Kier molecular flexibility index (Phi) is 6.04. The molecule has 0 aliphatic rings. The standard InChI is InChI=1S/C17H10BrN3O3S.C2H4O2/c1-9-15(22)19-17-21(20-9)16(23)14(25-17)8-12-5-6-13(24-12)10-3-2-4-11(18)7-10;1-2(3)4/h2-8H,1H3;1H3,(H,3,4)/b14-8-;. The van der Waals surface area contributed by atoms with Gasteiger partial charge in [0.2, 0.25) is 4.96 Å². The quantitative estimate of drug-likeness (QED) is 0.473. The summed E-state index contributed by atoms with van der Waals surface area (Å²) < 4.78 is 8.31. The molecular formula is C19H14BrN3O5S. The maximum atomic E-state index is 12.4. The predicted molar refractivity (Wildman–Crippen MR) is 112 cm³/mol. The number of aliphatic carboxylic acids is 1. The number of furan rings is 1. The summed E-state index contributed by atoms with van der Waals surface area (Å²) >= 11 is 4.53. The van der Waals surface area contributed by atoms with Crippen LogP contribution >= 0.6 is 27.3 Å². The number of aromatic nitrogens is 3. The van der Waals surface area contributed by atoms with E-state index in [9.17, 15) is 9.59 Å². The van der Waals surface area contributed by atoms with E-state index >= 15 is 0 Å². The van der Waals surface area contributed by atoms with E-state index < -0.39 is 11.5 Å². The van der Waals surface area contributed by atoms with Gasteiger partial charge in [-0.2, -0.15) is 14.6 Å². The smallest absolute Gasteiger partial charge is 0.300 e. The molecule has 0 bridgehead atoms. The van der Waals surface area contributed by atoms with Crippen molar-refractivity contribution in [2.75, 3.05) is 0 Å². The van der Waals surface area contributed by atoms with Gasteiger partial charge in [0.15, 0.2) is 0 Å². The second-order valence-corrected chi connectivity index (χ2v) is 7.77. The Morgan fingerprint density at radius 2 is 2.00 bits per heavy atom. The highest BCUT2D eigenvalue weighted by molar-refractivity contribution is 9.10. The fourth-order valence-electron chi connectivity index (χ4n) is 2.34. The largest absolute Gasteiger partial charge is 0.481 e. The summed E-state index contributed by atoms with van der Waals surface area (Å²) in [6.45, 7) is 2.61. The first-order valence-electron chi connectivity index (χ1n) is 8.22. The summed E-state index contributed by atoms with van der Waals surface area (Å²) in [7, 11) is 0. The first kappa shape index (κ1) is 20.6. The number of carbonyl (C=O) groups is 1. The number of benzene rings is 1. The van der Waals surface area contributed by atoms with Crippen molar-refractivity contribution in [3.8, 4) is 11.3 Å². The highest BCUT2D eigenvalue weighted by atomic mass is 79.9. The average Bonchev–Trinajstić information content (AvgIpc) is 3.22. The van der Waals surface area contributed by atoms with Crippen LogP contribution in [-0.2, 0) is 4.79 Å². The van der Waals surface area contributed by atoms with E-state index in [-0.39, 0.29) is 16.2 Å². The minimum Gasteiger partial charge on any atom is -0.481 e. The van der Waals surface area contributed by atoms with E-state index in [2.05, 4.69) is 26.0 Å². The second kappa shape index (κ2) is 8.50. The zero-order chi connectivity index (χ0) is 21.1. The molecule has 0 aliphatic carbocycles. The van der Waals surface area contributed by atoms with Crippen LogP contribution < -0.4 is 15.7 Å². The topological polar surface area (TPSA) is 115 Å². The molecule has 0 unspecified atom stereocenters. The number of halogens is 1. The van der Waals surface area contributed by atoms with Gasteiger partial charge in [0, 0.05) is 23.0 Å². The number of fused-ring (bicyclic) bond motifs is 1. The fraction of sp³-hybridized carbons (Fsp3) is 0.105. The van der Waals surface area contributed by atoms with Crippen molar-refractivity contribution in [3.63, 3.8) is 0 Å². The lowest BCUT2D eigenvalue weighted by Gasteiger charge is -1.96. The van der Waals surface area contributed by atoms with Crippen LogP contribution in [0.1, 0.15) is 18.4 Å². The van der Waals surface area contributed by atoms with Gasteiger partial charge in [-0.1, -0.05) is 39.4 Å². The Morgan fingerprint density at radius 3 is 2.69 bits per heavy atom. The third-order valence-electron chi connectivity index (χ3n) is 3.55. The Morgan fingerprint density at radius 1 is 1.28 bits per heavy atom. The van der Waals surface area contributed by atoms with E-state index in [1.54, 1.807) is 12.1 Å². The SMILES string of the molecule is CC(=O)O.Cc1nn2c(=O)/c(=C/c3ccc(-c4cccc(Br)c4)o3)sc2nc1=O. The monoisotopic (exact) mass is 475 g/mol. The number of carboxylic acid groups (broad SMARTS) is 1. The second-order valence-electron chi connectivity index (χ2n) is 5.84. The molecule has 1 N–H and O–H groups in total. The van der Waals surface area contributed by atoms with E-state index in [1.165, 1.54) is 6.92 Å². The van der Waals surface area contributed by atoms with Crippen LogP contribution in [0.25, 0.3) is 22.4 Å². The van der Waals surface area contributed by atoms with Crippen LogP contribution in [0.4, 0.5) is 0 Å². The Bertz CT molecular complexity index is 1370. The molecule has 148 valence electrons. The van der Waals surface area contributed by atoms with Crippen molar-refractivity contribution in [1.82, 2.24) is 14.6 Å². The van der Waals surface area contributed by atoms with Gasteiger partial charge >= 0.3 is 0 Å². The van der Waals surface area contributed by atoms with Gasteiger partial charge in [0.25, 0.3) is 17.1 Å². The van der Waals surface area contributed by atoms with Crippen molar-refractivity contribution in [2.45, 2.75) is 13.8 Å². The summed E-state index contributed by atoms with van der Waals surface area (Å²) in [5.74, 6) is 0.404. The first-order valence-corrected chi connectivity index (χ1v) is 9.83. The van der Waals surface area contributed by atoms with Gasteiger partial charge in [-0.15, -0.1) is 0 Å². The molecule has 0 radical (unpaired) electrons. The van der Waals surface area contributed by atoms with Gasteiger partial charge in [0.05, 0.1) is 0 Å². The molecule has 0 atom stereocenters. The van der Waals surface area contributed by atoms with Crippen molar-refractivity contribution >= 4 is 44.3 Å². The van der Waals surface area contributed by atoms with Crippen LogP contribution in [-0.4, -0.2) is 25.7 Å². The van der Waals surface area contributed by atoms with Crippen molar-refractivity contribution < 1.29 is 14.3 Å². The molecule has 0 fully saturated rings. The molecule has 8 nitrogen and oxygen atoms in total. The van der Waals surface area contributed by atoms with Crippen LogP contribution in [0, 0.1) is 6.92 Å². The average molecular weight is 476 g/mol. The molecule has 0 aliphatic heterocycles. The summed E-state index contributed by atoms with van der Waals surface area (Å²) in [5, 5.41) is 11.4. The molecule has 1 aromatic carbocycles. The predicted octanol–water partition coefficient (Wildman–Crippen LogP) is 2.48. The minimum absolute atomic E-state index is 0.189. The Hall–Kier alpha value is -3.11. The number of carboxylic acids is 1. The lowest BCUT2D eigenvalue weighted by atomic mass is 10.2. The zero-order valence-electron chi connectivity index (χ0n) is 15.2. The van der Waals surface area contributed by atoms with Crippen molar-refractivity contribution in [2.24, 2.45) is 0 Å². The maximum absolute atomic E-state index is 12.4. The maximum Gasteiger partial charge on any atom is 0.300 e. The van der Waals surface area contributed by atoms with Crippen LogP contribution in [0.5, 0.6) is 0 Å². The van der Waals surface area contributed by atoms with Crippen LogP contribution in [0.3, 0.4) is 0 Å². The van der Waals surface area contributed by atoms with Crippen molar-refractivity contribution in [1.29, 1.82) is 0 Å². The summed E-state index contributed by atoms with van der Waals surface area (Å²) in [6.07, 6.45) is 1.63. The lowest BCUT2D eigenvalue weighted by Crippen LogP contribution is -2.27. The highest BCUT2D eigenvalue weighted by Gasteiger charge is 2.09. The van der Waals surface area contributed by atoms with Crippen LogP contribution in [0.15, 0.2) is 54.9 Å². The molecular weight excluding hydrogens is 462 g/mol. The minimum atomic E-state index is -0.833. The van der Waals surface area contributed by atoms with E-state index in [0.29, 0.717) is 16.1 Å². The number of nitrogens with zero attached hydrogens (tertiary/aromatic N) is 3. The number of rotatable bonds is 2. The normalized spacial score (nSPS) is 11.3. The van der Waals surface area contributed by atoms with Gasteiger partial charge in [-0.05, 0) is 31.2 Å². The molecule has 10 heteroatoms. The third-order valence-corrected chi connectivity index (χ3v) is 5.00. The molecule has 3 heterocycles. The highest BCUT2D eigenvalue weighted by Crippen LogP contribution is 2.25. The fourth-order valence-corrected chi connectivity index (χ4v) is 3.63. The first-order chi connectivity index (χ1) is 13.7. The molecule has 4 aromatic rings.